The van der Waals surface area contributed by atoms with Crippen molar-refractivity contribution >= 4 is 11.6 Å². The SMILES string of the molecule is C[C@H]1CCCC[C@@H]1Nc1cc(N)ncn1. The quantitative estimate of drug-likeness (QED) is 0.777. The van der Waals surface area contributed by atoms with E-state index in [1.807, 2.05) is 0 Å². The minimum atomic E-state index is 0.524. The van der Waals surface area contributed by atoms with E-state index in [2.05, 4.69) is 22.2 Å². The summed E-state index contributed by atoms with van der Waals surface area (Å²) >= 11 is 0. The largest absolute Gasteiger partial charge is 0.384 e. The van der Waals surface area contributed by atoms with E-state index in [4.69, 9.17) is 5.73 Å². The highest BCUT2D eigenvalue weighted by Gasteiger charge is 2.21. The molecule has 1 aliphatic rings. The van der Waals surface area contributed by atoms with Crippen LogP contribution in [-0.2, 0) is 0 Å². The van der Waals surface area contributed by atoms with Gasteiger partial charge < -0.3 is 11.1 Å². The summed E-state index contributed by atoms with van der Waals surface area (Å²) in [5.41, 5.74) is 5.61. The second-order valence-corrected chi connectivity index (χ2v) is 4.34. The van der Waals surface area contributed by atoms with E-state index >= 15 is 0 Å². The molecule has 1 aromatic heterocycles. The molecule has 0 bridgehead atoms. The summed E-state index contributed by atoms with van der Waals surface area (Å²) < 4.78 is 0. The molecule has 1 fully saturated rings. The van der Waals surface area contributed by atoms with Crippen LogP contribution < -0.4 is 11.1 Å². The molecule has 15 heavy (non-hydrogen) atoms. The standard InChI is InChI=1S/C11H18N4/c1-8-4-2-3-5-9(8)15-11-6-10(12)13-7-14-11/h6-9H,2-5H2,1H3,(H3,12,13,14,15)/t8-,9-/m0/s1. The third-order valence-electron chi connectivity index (χ3n) is 3.13. The summed E-state index contributed by atoms with van der Waals surface area (Å²) in [6, 6.07) is 2.33. The van der Waals surface area contributed by atoms with Crippen LogP contribution in [0.2, 0.25) is 0 Å². The van der Waals surface area contributed by atoms with E-state index in [1.54, 1.807) is 6.07 Å². The molecule has 4 nitrogen and oxygen atoms in total. The van der Waals surface area contributed by atoms with Crippen LogP contribution in [0.25, 0.3) is 0 Å². The molecule has 2 rings (SSSR count). The molecule has 2 atom stereocenters. The predicted octanol–water partition coefficient (Wildman–Crippen LogP) is 2.05. The Morgan fingerprint density at radius 3 is 2.87 bits per heavy atom. The summed E-state index contributed by atoms with van der Waals surface area (Å²) in [4.78, 5) is 8.04. The summed E-state index contributed by atoms with van der Waals surface area (Å²) in [6.07, 6.45) is 6.70. The maximum absolute atomic E-state index is 5.61. The summed E-state index contributed by atoms with van der Waals surface area (Å²) in [6.45, 7) is 2.29. The van der Waals surface area contributed by atoms with Gasteiger partial charge in [0.05, 0.1) is 0 Å². The normalized spacial score (nSPS) is 26.2. The highest BCUT2D eigenvalue weighted by atomic mass is 15.0. The van der Waals surface area contributed by atoms with Crippen LogP contribution in [-0.4, -0.2) is 16.0 Å². The number of hydrogen-bond acceptors (Lipinski definition) is 4. The lowest BCUT2D eigenvalue weighted by Gasteiger charge is -2.29. The summed E-state index contributed by atoms with van der Waals surface area (Å²) in [5, 5.41) is 3.44. The minimum Gasteiger partial charge on any atom is -0.384 e. The molecule has 0 unspecified atom stereocenters. The van der Waals surface area contributed by atoms with Gasteiger partial charge in [0.15, 0.2) is 0 Å². The fourth-order valence-corrected chi connectivity index (χ4v) is 2.17. The summed E-state index contributed by atoms with van der Waals surface area (Å²) in [5.74, 6) is 2.09. The molecule has 0 spiro atoms. The van der Waals surface area contributed by atoms with Gasteiger partial charge >= 0.3 is 0 Å². The molecular weight excluding hydrogens is 188 g/mol. The fourth-order valence-electron chi connectivity index (χ4n) is 2.17. The molecule has 1 heterocycles. The molecule has 1 aromatic rings. The first-order valence-corrected chi connectivity index (χ1v) is 5.60. The Balaban J connectivity index is 2.01. The third kappa shape index (κ3) is 2.58. The average molecular weight is 206 g/mol. The lowest BCUT2D eigenvalue weighted by Crippen LogP contribution is -2.30. The molecule has 0 radical (unpaired) electrons. The Morgan fingerprint density at radius 1 is 1.33 bits per heavy atom. The predicted molar refractivity (Wildman–Crippen MR) is 61.5 cm³/mol. The molecule has 0 amide bonds. The van der Waals surface area contributed by atoms with Gasteiger partial charge in [-0.15, -0.1) is 0 Å². The van der Waals surface area contributed by atoms with Crippen LogP contribution in [0.5, 0.6) is 0 Å². The topological polar surface area (TPSA) is 63.8 Å². The van der Waals surface area contributed by atoms with Gasteiger partial charge in [0.25, 0.3) is 0 Å². The first-order valence-electron chi connectivity index (χ1n) is 5.60. The van der Waals surface area contributed by atoms with Crippen molar-refractivity contribution in [3.05, 3.63) is 12.4 Å². The average Bonchev–Trinajstić information content (AvgIpc) is 2.22. The van der Waals surface area contributed by atoms with Crippen molar-refractivity contribution in [2.45, 2.75) is 38.6 Å². The molecule has 3 N–H and O–H groups in total. The number of nitrogens with two attached hydrogens (primary N) is 1. The molecule has 0 saturated heterocycles. The molecular formula is C11H18N4. The second kappa shape index (κ2) is 4.47. The van der Waals surface area contributed by atoms with Crippen molar-refractivity contribution in [3.8, 4) is 0 Å². The fraction of sp³-hybridized carbons (Fsp3) is 0.636. The highest BCUT2D eigenvalue weighted by Crippen LogP contribution is 2.26. The molecule has 1 aliphatic carbocycles. The first-order chi connectivity index (χ1) is 7.25. The Labute approximate surface area is 90.3 Å². The van der Waals surface area contributed by atoms with E-state index in [0.717, 1.165) is 11.7 Å². The lowest BCUT2D eigenvalue weighted by atomic mass is 9.86. The zero-order valence-electron chi connectivity index (χ0n) is 9.11. The number of nitrogens with zero attached hydrogens (tertiary/aromatic N) is 2. The van der Waals surface area contributed by atoms with E-state index in [0.29, 0.717) is 11.9 Å². The van der Waals surface area contributed by atoms with Crippen LogP contribution in [0.15, 0.2) is 12.4 Å². The monoisotopic (exact) mass is 206 g/mol. The van der Waals surface area contributed by atoms with Crippen molar-refractivity contribution < 1.29 is 0 Å². The van der Waals surface area contributed by atoms with Gasteiger partial charge in [-0.25, -0.2) is 9.97 Å². The first kappa shape index (κ1) is 10.2. The van der Waals surface area contributed by atoms with E-state index in [-0.39, 0.29) is 0 Å². The number of rotatable bonds is 2. The number of aromatic nitrogens is 2. The van der Waals surface area contributed by atoms with E-state index in [9.17, 15) is 0 Å². The zero-order valence-corrected chi connectivity index (χ0v) is 9.11. The van der Waals surface area contributed by atoms with Gasteiger partial charge in [0, 0.05) is 12.1 Å². The van der Waals surface area contributed by atoms with Gasteiger partial charge in [-0.2, -0.15) is 0 Å². The van der Waals surface area contributed by atoms with E-state index in [1.165, 1.54) is 32.0 Å². The van der Waals surface area contributed by atoms with Crippen LogP contribution in [0, 0.1) is 5.92 Å². The highest BCUT2D eigenvalue weighted by molar-refractivity contribution is 5.44. The van der Waals surface area contributed by atoms with Crippen LogP contribution in [0.4, 0.5) is 11.6 Å². The number of anilines is 2. The maximum Gasteiger partial charge on any atom is 0.131 e. The van der Waals surface area contributed by atoms with Gasteiger partial charge in [-0.05, 0) is 18.8 Å². The Kier molecular flexibility index (Phi) is 3.04. The number of hydrogen-bond donors (Lipinski definition) is 2. The Hall–Kier alpha value is -1.32. The number of nitrogen functional groups attached to an aromatic ring is 1. The van der Waals surface area contributed by atoms with Crippen LogP contribution in [0.1, 0.15) is 32.6 Å². The van der Waals surface area contributed by atoms with Crippen LogP contribution >= 0.6 is 0 Å². The summed E-state index contributed by atoms with van der Waals surface area (Å²) in [7, 11) is 0. The van der Waals surface area contributed by atoms with Crippen molar-refractivity contribution in [3.63, 3.8) is 0 Å². The molecule has 82 valence electrons. The Bertz CT molecular complexity index is 326. The van der Waals surface area contributed by atoms with Crippen molar-refractivity contribution in [1.82, 2.24) is 9.97 Å². The smallest absolute Gasteiger partial charge is 0.131 e. The van der Waals surface area contributed by atoms with Gasteiger partial charge in [0.2, 0.25) is 0 Å². The van der Waals surface area contributed by atoms with Crippen molar-refractivity contribution in [2.75, 3.05) is 11.1 Å². The van der Waals surface area contributed by atoms with Gasteiger partial charge in [0.1, 0.15) is 18.0 Å². The van der Waals surface area contributed by atoms with Gasteiger partial charge in [-0.3, -0.25) is 0 Å². The molecule has 1 saturated carbocycles. The van der Waals surface area contributed by atoms with Crippen LogP contribution in [0.3, 0.4) is 0 Å². The Morgan fingerprint density at radius 2 is 2.13 bits per heavy atom. The third-order valence-corrected chi connectivity index (χ3v) is 3.13. The van der Waals surface area contributed by atoms with E-state index < -0.39 is 0 Å². The minimum absolute atomic E-state index is 0.524. The second-order valence-electron chi connectivity index (χ2n) is 4.34. The molecule has 0 aliphatic heterocycles. The molecule has 0 aromatic carbocycles. The molecule has 4 heteroatoms. The number of nitrogens with one attached hydrogen (secondary N) is 1. The maximum atomic E-state index is 5.61. The van der Waals surface area contributed by atoms with Crippen molar-refractivity contribution in [2.24, 2.45) is 5.92 Å². The van der Waals surface area contributed by atoms with Crippen molar-refractivity contribution in [1.29, 1.82) is 0 Å². The van der Waals surface area contributed by atoms with Gasteiger partial charge in [-0.1, -0.05) is 19.8 Å². The zero-order chi connectivity index (χ0) is 10.7. The lowest BCUT2D eigenvalue weighted by molar-refractivity contribution is 0.349.